The number of carboxylic acids is 2. The van der Waals surface area contributed by atoms with E-state index < -0.39 is 40.6 Å². The zero-order valence-corrected chi connectivity index (χ0v) is 28.5. The van der Waals surface area contributed by atoms with E-state index in [-0.39, 0.29) is 10.8 Å². The largest absolute Gasteiger partial charge is 0.490 e. The fraction of sp³-hybridized carbons (Fsp3) is 0.135. The second kappa shape index (κ2) is 16.8. The number of carboxylic acid groups (broad SMARTS) is 2. The molecule has 0 atom stereocenters. The van der Waals surface area contributed by atoms with Gasteiger partial charge in [0.25, 0.3) is 15.9 Å². The van der Waals surface area contributed by atoms with Gasteiger partial charge in [-0.25, -0.2) is 13.2 Å². The lowest BCUT2D eigenvalue weighted by Gasteiger charge is -2.21. The van der Waals surface area contributed by atoms with Gasteiger partial charge in [0.2, 0.25) is 5.91 Å². The van der Waals surface area contributed by atoms with Crippen LogP contribution in [0.15, 0.2) is 120 Å². The minimum Gasteiger partial charge on any atom is -0.480 e. The van der Waals surface area contributed by atoms with Crippen molar-refractivity contribution in [3.05, 3.63) is 138 Å². The molecular formula is C37H33F3N4O8S. The van der Waals surface area contributed by atoms with E-state index in [1.165, 1.54) is 9.21 Å². The Morgan fingerprint density at radius 2 is 1.42 bits per heavy atom. The number of amides is 2. The van der Waals surface area contributed by atoms with Gasteiger partial charge in [-0.15, -0.1) is 0 Å². The molecule has 1 heterocycles. The highest BCUT2D eigenvalue weighted by atomic mass is 32.2. The summed E-state index contributed by atoms with van der Waals surface area (Å²) in [6.45, 7) is 0.286. The summed E-state index contributed by atoms with van der Waals surface area (Å²) in [5, 5.41) is 18.0. The number of anilines is 2. The van der Waals surface area contributed by atoms with Crippen LogP contribution in [0.4, 0.5) is 24.5 Å². The number of sulfonamides is 1. The second-order valence-corrected chi connectivity index (χ2v) is 13.2. The van der Waals surface area contributed by atoms with Crippen LogP contribution in [-0.4, -0.2) is 61.6 Å². The lowest BCUT2D eigenvalue weighted by atomic mass is 10.1. The number of fused-ring (bicyclic) bond motifs is 2. The summed E-state index contributed by atoms with van der Waals surface area (Å²) in [4.78, 5) is 45.4. The fourth-order valence-electron chi connectivity index (χ4n) is 5.22. The third kappa shape index (κ3) is 9.96. The Hall–Kier alpha value is -6.26. The SMILES string of the molecule is NC(=O)c1ccc2c(c1)N(S(=O)(=O)c1ccc3ccccc3c1)CC2.NCc1cccc(C(=O)N(CC(=O)O)c2ccccc2)c1.O=C(O)C(F)(F)F. The van der Waals surface area contributed by atoms with Gasteiger partial charge >= 0.3 is 18.1 Å². The van der Waals surface area contributed by atoms with Crippen LogP contribution in [0.5, 0.6) is 0 Å². The molecule has 0 saturated heterocycles. The zero-order chi connectivity index (χ0) is 38.9. The first-order chi connectivity index (χ1) is 25.0. The first-order valence-electron chi connectivity index (χ1n) is 15.6. The van der Waals surface area contributed by atoms with E-state index in [0.717, 1.165) is 21.9 Å². The van der Waals surface area contributed by atoms with Gasteiger partial charge in [-0.3, -0.25) is 23.6 Å². The number of para-hydroxylation sites is 1. The molecule has 0 bridgehead atoms. The van der Waals surface area contributed by atoms with E-state index in [9.17, 15) is 36.0 Å². The molecule has 6 N–H and O–H groups in total. The van der Waals surface area contributed by atoms with Crippen LogP contribution in [0.2, 0.25) is 0 Å². The van der Waals surface area contributed by atoms with Crippen molar-refractivity contribution in [2.75, 3.05) is 22.3 Å². The quantitative estimate of drug-likeness (QED) is 0.165. The molecule has 12 nitrogen and oxygen atoms in total. The Labute approximate surface area is 301 Å². The van der Waals surface area contributed by atoms with Gasteiger partial charge in [0.15, 0.2) is 0 Å². The van der Waals surface area contributed by atoms with Crippen molar-refractivity contribution in [3.8, 4) is 0 Å². The maximum Gasteiger partial charge on any atom is 0.490 e. The van der Waals surface area contributed by atoms with E-state index in [2.05, 4.69) is 0 Å². The first kappa shape index (κ1) is 39.5. The number of aliphatic carboxylic acids is 2. The highest BCUT2D eigenvalue weighted by molar-refractivity contribution is 7.92. The molecule has 5 aromatic rings. The summed E-state index contributed by atoms with van der Waals surface area (Å²) in [6, 6.07) is 33.3. The monoisotopic (exact) mass is 750 g/mol. The molecular weight excluding hydrogens is 717 g/mol. The molecule has 0 aromatic heterocycles. The molecule has 53 heavy (non-hydrogen) atoms. The molecule has 0 saturated carbocycles. The Balaban J connectivity index is 0.000000204. The van der Waals surface area contributed by atoms with Crippen molar-refractivity contribution >= 4 is 55.9 Å². The highest BCUT2D eigenvalue weighted by Gasteiger charge is 2.38. The number of carbonyl (C=O) groups is 4. The summed E-state index contributed by atoms with van der Waals surface area (Å²) < 4.78 is 59.4. The van der Waals surface area contributed by atoms with E-state index in [0.29, 0.717) is 42.0 Å². The van der Waals surface area contributed by atoms with Crippen LogP contribution in [-0.2, 0) is 32.6 Å². The smallest absolute Gasteiger partial charge is 0.480 e. The molecule has 5 aromatic carbocycles. The van der Waals surface area contributed by atoms with Crippen molar-refractivity contribution in [1.29, 1.82) is 0 Å². The molecule has 6 rings (SSSR count). The van der Waals surface area contributed by atoms with Gasteiger partial charge in [0.05, 0.1) is 10.6 Å². The van der Waals surface area contributed by atoms with Crippen molar-refractivity contribution in [3.63, 3.8) is 0 Å². The summed E-state index contributed by atoms with van der Waals surface area (Å²) >= 11 is 0. The van der Waals surface area contributed by atoms with Crippen LogP contribution < -0.4 is 20.7 Å². The molecule has 1 aliphatic heterocycles. The molecule has 0 spiro atoms. The van der Waals surface area contributed by atoms with Gasteiger partial charge in [-0.1, -0.05) is 66.7 Å². The number of rotatable bonds is 8. The van der Waals surface area contributed by atoms with E-state index in [4.69, 9.17) is 26.5 Å². The Morgan fingerprint density at radius 1 is 0.774 bits per heavy atom. The van der Waals surface area contributed by atoms with Crippen molar-refractivity contribution < 1.29 is 51.0 Å². The third-order valence-electron chi connectivity index (χ3n) is 7.79. The lowest BCUT2D eigenvalue weighted by molar-refractivity contribution is -0.192. The van der Waals surface area contributed by atoms with E-state index in [1.807, 2.05) is 36.4 Å². The zero-order valence-electron chi connectivity index (χ0n) is 27.7. The maximum atomic E-state index is 13.1. The average molecular weight is 751 g/mol. The number of hydrogen-bond acceptors (Lipinski definition) is 7. The van der Waals surface area contributed by atoms with Crippen LogP contribution in [0.3, 0.4) is 0 Å². The van der Waals surface area contributed by atoms with Crippen LogP contribution in [0, 0.1) is 0 Å². The number of halogens is 3. The molecule has 1 aliphatic rings. The van der Waals surface area contributed by atoms with Gasteiger partial charge in [0.1, 0.15) is 6.54 Å². The van der Waals surface area contributed by atoms with Crippen molar-refractivity contribution in [2.45, 2.75) is 24.0 Å². The minimum atomic E-state index is -5.08. The number of nitrogens with two attached hydrogens (primary N) is 2. The molecule has 2 amide bonds. The second-order valence-electron chi connectivity index (χ2n) is 11.4. The highest BCUT2D eigenvalue weighted by Crippen LogP contribution is 2.34. The van der Waals surface area contributed by atoms with Gasteiger partial charge in [-0.05, 0) is 76.9 Å². The molecule has 0 fully saturated rings. The first-order valence-corrected chi connectivity index (χ1v) is 17.1. The predicted molar refractivity (Wildman–Crippen MR) is 191 cm³/mol. The standard InChI is InChI=1S/C19H16N2O3S.C16H16N2O3.C2HF3O2/c20-19(22)16-6-5-14-9-10-21(18(14)12-16)25(23,24)17-8-7-13-3-1-2-4-15(13)11-17;17-10-12-5-4-6-13(9-12)16(21)18(11-15(19)20)14-7-2-1-3-8-14;3-2(4,5)1(6)7/h1-8,11-12H,9-10H2,(H2,20,22);1-9H,10-11,17H2,(H,19,20);(H,6,7). The number of primary amides is 1. The summed E-state index contributed by atoms with van der Waals surface area (Å²) in [5.74, 6) is -4.76. The molecule has 0 unspecified atom stereocenters. The van der Waals surface area contributed by atoms with Crippen LogP contribution >= 0.6 is 0 Å². The summed E-state index contributed by atoms with van der Waals surface area (Å²) in [6.07, 6.45) is -4.47. The number of alkyl halides is 3. The number of carbonyl (C=O) groups excluding carboxylic acids is 2. The van der Waals surface area contributed by atoms with Crippen LogP contribution in [0.25, 0.3) is 10.8 Å². The predicted octanol–water partition coefficient (Wildman–Crippen LogP) is 5.20. The molecule has 0 radical (unpaired) electrons. The van der Waals surface area contributed by atoms with E-state index in [1.54, 1.807) is 78.9 Å². The number of benzene rings is 5. The Kier molecular flexibility index (Phi) is 12.6. The van der Waals surface area contributed by atoms with Gasteiger partial charge in [-0.2, -0.15) is 13.2 Å². The van der Waals surface area contributed by atoms with Gasteiger partial charge < -0.3 is 21.7 Å². The number of hydrogen-bond donors (Lipinski definition) is 4. The molecule has 16 heteroatoms. The normalized spacial score (nSPS) is 12.0. The molecule has 0 aliphatic carbocycles. The maximum absolute atomic E-state index is 13.1. The number of nitrogens with zero attached hydrogens (tertiary/aromatic N) is 2. The Morgan fingerprint density at radius 3 is 2.02 bits per heavy atom. The van der Waals surface area contributed by atoms with Crippen molar-refractivity contribution in [1.82, 2.24) is 0 Å². The van der Waals surface area contributed by atoms with Crippen LogP contribution in [0.1, 0.15) is 31.8 Å². The lowest BCUT2D eigenvalue weighted by Crippen LogP contribution is -2.35. The average Bonchev–Trinajstić information content (AvgIpc) is 3.58. The molecule has 276 valence electrons. The van der Waals surface area contributed by atoms with E-state index >= 15 is 0 Å². The van der Waals surface area contributed by atoms with Gasteiger partial charge in [0, 0.05) is 29.9 Å². The summed E-state index contributed by atoms with van der Waals surface area (Å²) in [7, 11) is -3.70. The Bertz CT molecular complexity index is 2250. The minimum absolute atomic E-state index is 0.239. The third-order valence-corrected chi connectivity index (χ3v) is 9.60. The topological polar surface area (TPSA) is 201 Å². The summed E-state index contributed by atoms with van der Waals surface area (Å²) in [5.41, 5.74) is 14.4. The van der Waals surface area contributed by atoms with Crippen molar-refractivity contribution in [2.24, 2.45) is 11.5 Å². The fourth-order valence-corrected chi connectivity index (χ4v) is 6.75.